The smallest absolute Gasteiger partial charge is 0.0595 e. The lowest BCUT2D eigenvalue weighted by Gasteiger charge is -2.32. The Kier molecular flexibility index (Phi) is 27.4. The fraction of sp³-hybridized carbons (Fsp3) is 0.294. The summed E-state index contributed by atoms with van der Waals surface area (Å²) in [6.07, 6.45) is 11.3. The van der Waals surface area contributed by atoms with Gasteiger partial charge in [0.25, 0.3) is 0 Å². The Balaban J connectivity index is 0.000000126. The molecule has 0 radical (unpaired) electrons. The van der Waals surface area contributed by atoms with E-state index in [9.17, 15) is 0 Å². The van der Waals surface area contributed by atoms with Crippen molar-refractivity contribution in [3.63, 3.8) is 0 Å². The van der Waals surface area contributed by atoms with E-state index in [1.165, 1.54) is 83.5 Å². The van der Waals surface area contributed by atoms with Crippen LogP contribution in [0.25, 0.3) is 0 Å². The molecule has 5 nitrogen and oxygen atoms in total. The number of rotatable bonds is 10. The van der Waals surface area contributed by atoms with Crippen molar-refractivity contribution in [2.45, 2.75) is 124 Å². The average molecular weight is 1530 g/mol. The van der Waals surface area contributed by atoms with E-state index in [1.807, 2.05) is 95.9 Å². The molecule has 0 amide bonds. The highest BCUT2D eigenvalue weighted by Crippen LogP contribution is 2.48. The second-order valence-electron chi connectivity index (χ2n) is 26.4. The summed E-state index contributed by atoms with van der Waals surface area (Å²) in [5.74, 6) is 2.04. The molecule has 0 saturated heterocycles. The molecule has 0 spiro atoms. The number of hydrogen-bond donors (Lipinski definition) is 5. The zero-order valence-corrected chi connectivity index (χ0v) is 64.4. The minimum atomic E-state index is 0.408. The third-order valence-corrected chi connectivity index (χ3v) is 24.6. The molecule has 0 aromatic heterocycles. The van der Waals surface area contributed by atoms with E-state index in [-0.39, 0.29) is 0 Å². The van der Waals surface area contributed by atoms with Gasteiger partial charge in [0.05, 0.1) is 50.2 Å². The third-order valence-electron chi connectivity index (χ3n) is 20.9. The maximum absolute atomic E-state index is 6.17. The summed E-state index contributed by atoms with van der Waals surface area (Å²) in [5, 5.41) is 23.3. The zero-order valence-electron chi connectivity index (χ0n) is 56.8. The molecule has 15 heteroatoms. The number of halogens is 10. The number of hydrogen-bond acceptors (Lipinski definition) is 5. The van der Waals surface area contributed by atoms with Crippen LogP contribution in [0.2, 0.25) is 50.2 Å². The monoisotopic (exact) mass is 1530 g/mol. The molecule has 0 fully saturated rings. The third kappa shape index (κ3) is 17.8. The fourth-order valence-electron chi connectivity index (χ4n) is 15.8. The van der Waals surface area contributed by atoms with Gasteiger partial charge in [-0.25, -0.2) is 0 Å². The van der Waals surface area contributed by atoms with Gasteiger partial charge in [-0.15, -0.1) is 0 Å². The molecule has 5 N–H and O–H groups in total. The first-order valence-electron chi connectivity index (χ1n) is 34.6. The molecule has 10 aromatic carbocycles. The largest absolute Gasteiger partial charge is 0.313 e. The zero-order chi connectivity index (χ0) is 70.6. The topological polar surface area (TPSA) is 60.1 Å². The average Bonchev–Trinajstić information content (AvgIpc) is 0.817. The van der Waals surface area contributed by atoms with Gasteiger partial charge >= 0.3 is 0 Å². The second-order valence-corrected chi connectivity index (χ2v) is 30.4. The van der Waals surface area contributed by atoms with E-state index in [0.717, 1.165) is 64.2 Å². The molecule has 10 atom stereocenters. The quantitative estimate of drug-likeness (QED) is 0.0945. The predicted octanol–water partition coefficient (Wildman–Crippen LogP) is 25.9. The highest BCUT2D eigenvalue weighted by Gasteiger charge is 2.33. The van der Waals surface area contributed by atoms with Crippen molar-refractivity contribution in [1.29, 1.82) is 0 Å². The van der Waals surface area contributed by atoms with Crippen LogP contribution < -0.4 is 26.6 Å². The van der Waals surface area contributed by atoms with Crippen LogP contribution in [0.4, 0.5) is 0 Å². The Labute approximate surface area is 642 Å². The van der Waals surface area contributed by atoms with Gasteiger partial charge in [-0.05, 0) is 244 Å². The maximum Gasteiger partial charge on any atom is 0.0595 e. The lowest BCUT2D eigenvalue weighted by atomic mass is 9.77. The van der Waals surface area contributed by atoms with Crippen molar-refractivity contribution in [3.05, 3.63) is 346 Å². The van der Waals surface area contributed by atoms with Crippen molar-refractivity contribution in [1.82, 2.24) is 26.6 Å². The summed E-state index contributed by atoms with van der Waals surface area (Å²) in [6, 6.07) is 75.6. The first kappa shape index (κ1) is 76.0. The molecular weight excluding hydrogens is 1450 g/mol. The van der Waals surface area contributed by atoms with E-state index in [4.69, 9.17) is 116 Å². The highest BCUT2D eigenvalue weighted by molar-refractivity contribution is 6.44. The van der Waals surface area contributed by atoms with Crippen molar-refractivity contribution in [2.75, 3.05) is 35.2 Å². The Bertz CT molecular complexity index is 3770. The van der Waals surface area contributed by atoms with E-state index in [1.54, 1.807) is 0 Å². The van der Waals surface area contributed by atoms with Gasteiger partial charge in [0, 0.05) is 59.8 Å². The lowest BCUT2D eigenvalue weighted by Crippen LogP contribution is -2.24. The molecule has 5 aliphatic carbocycles. The van der Waals surface area contributed by atoms with Crippen LogP contribution in [0.1, 0.15) is 207 Å². The summed E-state index contributed by atoms with van der Waals surface area (Å²) in [5.41, 5.74) is 20.3. The van der Waals surface area contributed by atoms with Crippen LogP contribution in [0.15, 0.2) is 212 Å². The summed E-state index contributed by atoms with van der Waals surface area (Å²) >= 11 is 61.0. The minimum Gasteiger partial charge on any atom is -0.313 e. The molecule has 10 aromatic rings. The van der Waals surface area contributed by atoms with Gasteiger partial charge < -0.3 is 26.6 Å². The van der Waals surface area contributed by atoms with Crippen molar-refractivity contribution < 1.29 is 0 Å². The van der Waals surface area contributed by atoms with E-state index in [2.05, 4.69) is 178 Å². The van der Waals surface area contributed by atoms with Crippen molar-refractivity contribution in [3.8, 4) is 0 Å². The van der Waals surface area contributed by atoms with Gasteiger partial charge in [0.2, 0.25) is 0 Å². The van der Waals surface area contributed by atoms with Gasteiger partial charge in [0.15, 0.2) is 0 Å². The van der Waals surface area contributed by atoms with Crippen LogP contribution >= 0.6 is 116 Å². The lowest BCUT2D eigenvalue weighted by molar-refractivity contribution is 0.471. The van der Waals surface area contributed by atoms with Crippen LogP contribution in [0.5, 0.6) is 0 Å². The van der Waals surface area contributed by atoms with Gasteiger partial charge in [-0.2, -0.15) is 0 Å². The minimum absolute atomic E-state index is 0.408. The molecule has 15 rings (SSSR count). The van der Waals surface area contributed by atoms with Crippen LogP contribution in [-0.4, -0.2) is 35.2 Å². The Morgan fingerprint density at radius 2 is 0.340 bits per heavy atom. The normalized spacial score (nSPS) is 21.6. The molecule has 0 bridgehead atoms. The van der Waals surface area contributed by atoms with Gasteiger partial charge in [0.1, 0.15) is 0 Å². The number of nitrogens with one attached hydrogen (secondary N) is 5. The molecule has 0 aliphatic heterocycles. The van der Waals surface area contributed by atoms with E-state index >= 15 is 0 Å². The predicted molar refractivity (Wildman–Crippen MR) is 429 cm³/mol. The molecule has 0 unspecified atom stereocenters. The Morgan fingerprint density at radius 3 is 0.480 bits per heavy atom. The molecule has 5 aliphatic rings. The highest BCUT2D eigenvalue weighted by atomic mass is 35.5. The molecule has 520 valence electrons. The summed E-state index contributed by atoms with van der Waals surface area (Å²) in [4.78, 5) is 0. The molecule has 0 saturated carbocycles. The van der Waals surface area contributed by atoms with Gasteiger partial charge in [-0.3, -0.25) is 0 Å². The summed E-state index contributed by atoms with van der Waals surface area (Å²) < 4.78 is 0. The van der Waals surface area contributed by atoms with Crippen molar-refractivity contribution >= 4 is 116 Å². The SMILES string of the molecule is CN[C@H]1CC[C@@H](c2ccc(Cl)c(Cl)c2)c2ccccc21.CN[C@H]1CC[C@@H](c2ccc(Cl)c(Cl)c2)c2ccccc21.CN[C@H]1CC[C@@H](c2ccc(Cl)c(Cl)c2)c2ccccc21.CN[C@H]1CC[C@@H](c2ccc(Cl)c(Cl)c2)c2ccccc21.CN[C@H]1CC[C@@H](c2ccc(Cl)c(Cl)c2)c2ccccc21. The molecule has 100 heavy (non-hydrogen) atoms. The van der Waals surface area contributed by atoms with E-state index in [0.29, 0.717) is 110 Å². The van der Waals surface area contributed by atoms with E-state index < -0.39 is 0 Å². The summed E-state index contributed by atoms with van der Waals surface area (Å²) in [7, 11) is 10.1. The fourth-order valence-corrected chi connectivity index (χ4v) is 17.4. The molecular formula is C85H85Cl10N5. The van der Waals surface area contributed by atoms with Crippen LogP contribution in [-0.2, 0) is 0 Å². The van der Waals surface area contributed by atoms with Crippen LogP contribution in [0.3, 0.4) is 0 Å². The standard InChI is InChI=1S/5C17H17Cl2N/c5*1-20-17-9-7-12(13-4-2-3-5-14(13)17)11-6-8-15(18)16(19)10-11/h5*2-6,8,10,12,17,20H,7,9H2,1H3/t5*12-,17-/m00000/s1. The van der Waals surface area contributed by atoms with Crippen LogP contribution in [0, 0.1) is 0 Å². The van der Waals surface area contributed by atoms with Crippen molar-refractivity contribution in [2.24, 2.45) is 0 Å². The summed E-state index contributed by atoms with van der Waals surface area (Å²) in [6.45, 7) is 0. The first-order chi connectivity index (χ1) is 48.5. The Hall–Kier alpha value is -5.10. The second kappa shape index (κ2) is 36.1. The van der Waals surface area contributed by atoms with Gasteiger partial charge in [-0.1, -0.05) is 268 Å². The Morgan fingerprint density at radius 1 is 0.190 bits per heavy atom. The maximum atomic E-state index is 6.17. The number of fused-ring (bicyclic) bond motifs is 5. The molecule has 0 heterocycles. The number of benzene rings is 10. The first-order valence-corrected chi connectivity index (χ1v) is 38.4.